The van der Waals surface area contributed by atoms with Crippen molar-refractivity contribution in [2.45, 2.75) is 89.4 Å². The van der Waals surface area contributed by atoms with Gasteiger partial charge in [0.05, 0.1) is 12.5 Å². The molecule has 1 aromatic rings. The molecule has 0 saturated heterocycles. The summed E-state index contributed by atoms with van der Waals surface area (Å²) < 4.78 is 5.18. The zero-order valence-corrected chi connectivity index (χ0v) is 24.7. The third-order valence-corrected chi connectivity index (χ3v) is 11.1. The number of carbonyl (C=O) groups excluding carboxylic acids is 4. The molecule has 5 rings (SSSR count). The predicted octanol–water partition coefficient (Wildman–Crippen LogP) is 3.05. The van der Waals surface area contributed by atoms with Crippen LogP contribution < -0.4 is 5.32 Å². The fourth-order valence-electron chi connectivity index (χ4n) is 8.87. The fraction of sp³-hybridized carbons (Fsp3) is 0.606. The molecule has 1 amide bonds. The van der Waals surface area contributed by atoms with Crippen LogP contribution in [0.3, 0.4) is 0 Å². The van der Waals surface area contributed by atoms with Gasteiger partial charge in [0.15, 0.2) is 18.4 Å². The highest BCUT2D eigenvalue weighted by atomic mass is 16.5. The fourth-order valence-corrected chi connectivity index (χ4v) is 8.87. The summed E-state index contributed by atoms with van der Waals surface area (Å²) in [4.78, 5) is 62.0. The van der Waals surface area contributed by atoms with Crippen LogP contribution in [0.5, 0.6) is 0 Å². The van der Waals surface area contributed by atoms with Crippen LogP contribution in [0.4, 0.5) is 0 Å². The molecule has 0 aromatic heterocycles. The van der Waals surface area contributed by atoms with Crippen LogP contribution in [0.1, 0.15) is 83.2 Å². The van der Waals surface area contributed by atoms with Crippen LogP contribution in [0.15, 0.2) is 42.0 Å². The minimum absolute atomic E-state index is 0.00274. The van der Waals surface area contributed by atoms with Crippen LogP contribution in [0.25, 0.3) is 0 Å². The first-order valence-electron chi connectivity index (χ1n) is 15.2. The second kappa shape index (κ2) is 11.6. The largest absolute Gasteiger partial charge is 0.479 e. The van der Waals surface area contributed by atoms with Crippen molar-refractivity contribution in [3.63, 3.8) is 0 Å². The molecule has 0 aliphatic heterocycles. The van der Waals surface area contributed by atoms with E-state index in [4.69, 9.17) is 4.74 Å². The van der Waals surface area contributed by atoms with Crippen molar-refractivity contribution in [2.75, 3.05) is 6.61 Å². The number of carboxylic acids is 1. The molecular formula is C33H41NO9. The minimum atomic E-state index is -1.77. The number of carbonyl (C=O) groups is 5. The lowest BCUT2D eigenvalue weighted by Crippen LogP contribution is -2.62. The Morgan fingerprint density at radius 1 is 1.05 bits per heavy atom. The molecule has 4 N–H and O–H groups in total. The smallest absolute Gasteiger partial charge is 0.330 e. The van der Waals surface area contributed by atoms with Crippen LogP contribution in [-0.4, -0.2) is 63.0 Å². The molecule has 1 aromatic carbocycles. The normalized spacial score (nSPS) is 35.4. The van der Waals surface area contributed by atoms with E-state index in [0.29, 0.717) is 24.8 Å². The molecule has 0 spiro atoms. The standard InChI is InChI=1S/C33H41NO9/c1-31-14-12-21(35)16-20(31)8-9-22-23-13-15-33(42,32(23,2)17-24(36)28(22)31)25(37)18-43-27(39)11-10-26(38)34-29(30(40)41)19-6-4-3-5-7-19/h3-7,16,22-24,28-29,36,42H,8-15,17-18H2,1-2H3,(H,34,38)(H,40,41)/t22-,23-,24-,28+,29-,31-,32+,33-/m1/s1. The van der Waals surface area contributed by atoms with E-state index in [1.54, 1.807) is 36.4 Å². The van der Waals surface area contributed by atoms with Gasteiger partial charge in [-0.1, -0.05) is 49.8 Å². The van der Waals surface area contributed by atoms with Gasteiger partial charge in [-0.3, -0.25) is 19.2 Å². The molecular weight excluding hydrogens is 554 g/mol. The Bertz CT molecular complexity index is 1340. The molecule has 0 heterocycles. The monoisotopic (exact) mass is 595 g/mol. The first kappa shape index (κ1) is 31.1. The third kappa shape index (κ3) is 5.44. The molecule has 10 heteroatoms. The Morgan fingerprint density at radius 3 is 2.47 bits per heavy atom. The van der Waals surface area contributed by atoms with Crippen LogP contribution in [-0.2, 0) is 28.7 Å². The molecule has 43 heavy (non-hydrogen) atoms. The number of hydrogen-bond donors (Lipinski definition) is 4. The number of aliphatic carboxylic acids is 1. The first-order chi connectivity index (χ1) is 20.3. The lowest BCUT2D eigenvalue weighted by Gasteiger charge is -2.60. The van der Waals surface area contributed by atoms with E-state index in [1.807, 2.05) is 6.92 Å². The quantitative estimate of drug-likeness (QED) is 0.314. The number of rotatable bonds is 9. The molecule has 4 aliphatic carbocycles. The van der Waals surface area contributed by atoms with E-state index < -0.39 is 53.4 Å². The number of hydrogen-bond acceptors (Lipinski definition) is 8. The molecule has 3 fully saturated rings. The van der Waals surface area contributed by atoms with Gasteiger partial charge >= 0.3 is 11.9 Å². The van der Waals surface area contributed by atoms with Gasteiger partial charge in [-0.05, 0) is 73.3 Å². The Labute approximate surface area is 250 Å². The maximum atomic E-state index is 13.4. The molecule has 0 bridgehead atoms. The van der Waals surface area contributed by atoms with E-state index in [1.165, 1.54) is 0 Å². The number of fused-ring (bicyclic) bond motifs is 5. The second-order valence-electron chi connectivity index (χ2n) is 13.3. The van der Waals surface area contributed by atoms with Crippen LogP contribution in [0.2, 0.25) is 0 Å². The van der Waals surface area contributed by atoms with Gasteiger partial charge < -0.3 is 25.4 Å². The van der Waals surface area contributed by atoms with Crippen molar-refractivity contribution in [1.29, 1.82) is 0 Å². The highest BCUT2D eigenvalue weighted by Gasteiger charge is 2.68. The molecule has 3 saturated carbocycles. The molecule has 0 radical (unpaired) electrons. The number of ether oxygens (including phenoxy) is 1. The minimum Gasteiger partial charge on any atom is -0.479 e. The van der Waals surface area contributed by atoms with Crippen LogP contribution in [0, 0.1) is 28.6 Å². The van der Waals surface area contributed by atoms with Gasteiger partial charge in [0.1, 0.15) is 5.60 Å². The number of esters is 1. The highest BCUT2D eigenvalue weighted by molar-refractivity contribution is 5.92. The van der Waals surface area contributed by atoms with E-state index in [9.17, 15) is 39.3 Å². The Kier molecular flexibility index (Phi) is 8.39. The van der Waals surface area contributed by atoms with Crippen LogP contribution >= 0.6 is 0 Å². The number of ketones is 2. The van der Waals surface area contributed by atoms with Crippen molar-refractivity contribution in [3.05, 3.63) is 47.5 Å². The predicted molar refractivity (Wildman–Crippen MR) is 153 cm³/mol. The molecule has 232 valence electrons. The second-order valence-corrected chi connectivity index (χ2v) is 13.3. The zero-order valence-electron chi connectivity index (χ0n) is 24.7. The van der Waals surface area contributed by atoms with Gasteiger partial charge in [-0.2, -0.15) is 0 Å². The summed E-state index contributed by atoms with van der Waals surface area (Å²) in [6.45, 7) is 3.35. The molecule has 10 nitrogen and oxygen atoms in total. The van der Waals surface area contributed by atoms with Crippen molar-refractivity contribution in [3.8, 4) is 0 Å². The molecule has 4 aliphatic rings. The summed E-state index contributed by atoms with van der Waals surface area (Å²) in [7, 11) is 0. The van der Waals surface area contributed by atoms with Crippen molar-refractivity contribution in [1.82, 2.24) is 5.32 Å². The summed E-state index contributed by atoms with van der Waals surface area (Å²) in [5, 5.41) is 35.2. The van der Waals surface area contributed by atoms with Crippen molar-refractivity contribution < 1.29 is 44.0 Å². The number of carboxylic acid groups (broad SMARTS) is 1. The van der Waals surface area contributed by atoms with Gasteiger partial charge in [-0.25, -0.2) is 4.79 Å². The van der Waals surface area contributed by atoms with E-state index in [0.717, 1.165) is 18.4 Å². The average Bonchev–Trinajstić information content (AvgIpc) is 3.24. The summed E-state index contributed by atoms with van der Waals surface area (Å²) in [6.07, 6.45) is 4.07. The lowest BCUT2D eigenvalue weighted by molar-refractivity contribution is -0.184. The Hall–Kier alpha value is -3.37. The Morgan fingerprint density at radius 2 is 1.77 bits per heavy atom. The number of Topliss-reactive ketones (excluding diaryl/α,β-unsaturated/α-hetero) is 1. The third-order valence-electron chi connectivity index (χ3n) is 11.1. The van der Waals surface area contributed by atoms with Crippen molar-refractivity contribution >= 4 is 29.4 Å². The van der Waals surface area contributed by atoms with Gasteiger partial charge in [0.2, 0.25) is 11.7 Å². The average molecular weight is 596 g/mol. The van der Waals surface area contributed by atoms with Gasteiger partial charge in [0, 0.05) is 18.3 Å². The van der Waals surface area contributed by atoms with Gasteiger partial charge in [0.25, 0.3) is 0 Å². The maximum absolute atomic E-state index is 13.4. The molecule has 8 atom stereocenters. The summed E-state index contributed by atoms with van der Waals surface area (Å²) >= 11 is 0. The number of benzene rings is 1. The lowest BCUT2D eigenvalue weighted by atomic mass is 9.45. The maximum Gasteiger partial charge on any atom is 0.330 e. The number of nitrogens with one attached hydrogen (secondary N) is 1. The summed E-state index contributed by atoms with van der Waals surface area (Å²) in [5.41, 5.74) is -1.46. The van der Waals surface area contributed by atoms with E-state index in [-0.39, 0.29) is 54.6 Å². The topological polar surface area (TPSA) is 167 Å². The van der Waals surface area contributed by atoms with E-state index in [2.05, 4.69) is 12.2 Å². The Balaban J connectivity index is 1.18. The summed E-state index contributed by atoms with van der Waals surface area (Å²) in [6, 6.07) is 6.91. The number of aliphatic hydroxyl groups is 2. The molecule has 0 unspecified atom stereocenters. The van der Waals surface area contributed by atoms with E-state index >= 15 is 0 Å². The van der Waals surface area contributed by atoms with Crippen molar-refractivity contribution in [2.24, 2.45) is 28.6 Å². The SMILES string of the molecule is C[C@]12C[C@@H](O)[C@@H]3[C@H](CCC4=CC(=O)CC[C@]43C)[C@H]1CC[C@@]2(O)C(=O)COC(=O)CCC(=O)N[C@@H](C(=O)O)c1ccccc1. The zero-order chi connectivity index (χ0) is 31.2. The highest BCUT2D eigenvalue weighted by Crippen LogP contribution is 2.67. The number of amides is 1. The number of allylic oxidation sites excluding steroid dienone is 1. The summed E-state index contributed by atoms with van der Waals surface area (Å²) in [5.74, 6) is -3.16. The first-order valence-corrected chi connectivity index (χ1v) is 15.2. The van der Waals surface area contributed by atoms with Gasteiger partial charge in [-0.15, -0.1) is 0 Å². The number of aliphatic hydroxyl groups excluding tert-OH is 1.